The Balaban J connectivity index is 1.39. The molecule has 9 heteroatoms. The number of amides is 2. The zero-order valence-electron chi connectivity index (χ0n) is 19.0. The predicted molar refractivity (Wildman–Crippen MR) is 131 cm³/mol. The van der Waals surface area contributed by atoms with Crippen LogP contribution in [-0.4, -0.2) is 38.5 Å². The van der Waals surface area contributed by atoms with E-state index in [1.807, 2.05) is 12.1 Å². The Morgan fingerprint density at radius 2 is 1.79 bits per heavy atom. The van der Waals surface area contributed by atoms with Crippen LogP contribution in [0.25, 0.3) is 11.4 Å². The highest BCUT2D eigenvalue weighted by molar-refractivity contribution is 7.99. The number of benzene rings is 2. The van der Waals surface area contributed by atoms with Crippen LogP contribution in [0.3, 0.4) is 0 Å². The lowest BCUT2D eigenvalue weighted by atomic mass is 9.87. The molecule has 2 aromatic carbocycles. The minimum atomic E-state index is -0.259. The fraction of sp³-hybridized carbons (Fsp3) is 0.333. The topological polar surface area (TPSA) is 115 Å². The van der Waals surface area contributed by atoms with Crippen molar-refractivity contribution in [2.45, 2.75) is 50.2 Å². The molecule has 3 aromatic rings. The van der Waals surface area contributed by atoms with Gasteiger partial charge in [-0.2, -0.15) is 0 Å². The Labute approximate surface area is 197 Å². The molecule has 4 N–H and O–H groups in total. The standard InChI is InChI=1S/C24H28N6O2S/c1-24(2,3)16-10-8-15(9-11-16)21-28-29-23(30(21)25)33-14-20(31)27-19-7-5-4-6-18(19)22(32)26-17-12-13-17/h4-11,17H,12-14,25H2,1-3H3,(H,26,32)(H,27,31). The lowest BCUT2D eigenvalue weighted by Crippen LogP contribution is -2.27. The summed E-state index contributed by atoms with van der Waals surface area (Å²) in [6.45, 7) is 6.47. The first-order valence-electron chi connectivity index (χ1n) is 10.9. The number of hydrogen-bond donors (Lipinski definition) is 3. The molecule has 0 unspecified atom stereocenters. The number of nitrogens with one attached hydrogen (secondary N) is 2. The van der Waals surface area contributed by atoms with Crippen LogP contribution in [0.5, 0.6) is 0 Å². The first-order valence-corrected chi connectivity index (χ1v) is 11.8. The third-order valence-corrected chi connectivity index (χ3v) is 6.31. The second-order valence-corrected chi connectivity index (χ2v) is 10.1. The fourth-order valence-corrected chi connectivity index (χ4v) is 3.95. The molecule has 0 radical (unpaired) electrons. The molecule has 0 aliphatic heterocycles. The van der Waals surface area contributed by atoms with Gasteiger partial charge in [0.25, 0.3) is 5.91 Å². The highest BCUT2D eigenvalue weighted by Gasteiger charge is 2.25. The lowest BCUT2D eigenvalue weighted by molar-refractivity contribution is -0.113. The summed E-state index contributed by atoms with van der Waals surface area (Å²) in [5.74, 6) is 6.37. The van der Waals surface area contributed by atoms with Gasteiger partial charge in [0.1, 0.15) is 0 Å². The van der Waals surface area contributed by atoms with Gasteiger partial charge in [0.15, 0.2) is 5.82 Å². The van der Waals surface area contributed by atoms with Crippen molar-refractivity contribution in [3.63, 3.8) is 0 Å². The highest BCUT2D eigenvalue weighted by Crippen LogP contribution is 2.27. The Kier molecular flexibility index (Phi) is 6.42. The third kappa shape index (κ3) is 5.54. The largest absolute Gasteiger partial charge is 0.349 e. The summed E-state index contributed by atoms with van der Waals surface area (Å²) in [4.78, 5) is 25.0. The number of carbonyl (C=O) groups excluding carboxylic acids is 2. The maximum atomic E-state index is 12.6. The van der Waals surface area contributed by atoms with Gasteiger partial charge in [0.2, 0.25) is 11.1 Å². The van der Waals surface area contributed by atoms with E-state index in [1.54, 1.807) is 24.3 Å². The Bertz CT molecular complexity index is 1160. The van der Waals surface area contributed by atoms with Crippen LogP contribution in [-0.2, 0) is 10.2 Å². The fourth-order valence-electron chi connectivity index (χ4n) is 3.29. The smallest absolute Gasteiger partial charge is 0.253 e. The molecule has 1 saturated carbocycles. The number of hydrogen-bond acceptors (Lipinski definition) is 6. The van der Waals surface area contributed by atoms with Crippen LogP contribution < -0.4 is 16.5 Å². The first kappa shape index (κ1) is 22.8. The molecule has 172 valence electrons. The summed E-state index contributed by atoms with van der Waals surface area (Å²) in [7, 11) is 0. The van der Waals surface area contributed by atoms with Crippen molar-refractivity contribution < 1.29 is 9.59 Å². The summed E-state index contributed by atoms with van der Waals surface area (Å²) in [5, 5.41) is 14.5. The molecule has 4 rings (SSSR count). The van der Waals surface area contributed by atoms with Crippen LogP contribution in [0.4, 0.5) is 5.69 Å². The lowest BCUT2D eigenvalue weighted by Gasteiger charge is -2.19. The predicted octanol–water partition coefficient (Wildman–Crippen LogP) is 3.58. The van der Waals surface area contributed by atoms with Crippen LogP contribution in [0.2, 0.25) is 0 Å². The van der Waals surface area contributed by atoms with Crippen molar-refractivity contribution in [1.82, 2.24) is 20.2 Å². The van der Waals surface area contributed by atoms with Crippen molar-refractivity contribution >= 4 is 29.3 Å². The maximum absolute atomic E-state index is 12.6. The van der Waals surface area contributed by atoms with E-state index in [0.29, 0.717) is 22.2 Å². The van der Waals surface area contributed by atoms with Gasteiger partial charge >= 0.3 is 0 Å². The number of anilines is 1. The zero-order valence-corrected chi connectivity index (χ0v) is 19.8. The van der Waals surface area contributed by atoms with Gasteiger partial charge in [-0.1, -0.05) is 68.9 Å². The van der Waals surface area contributed by atoms with Gasteiger partial charge in [-0.3, -0.25) is 9.59 Å². The van der Waals surface area contributed by atoms with E-state index in [9.17, 15) is 9.59 Å². The second-order valence-electron chi connectivity index (χ2n) is 9.13. The summed E-state index contributed by atoms with van der Waals surface area (Å²) in [6.07, 6.45) is 2.00. The van der Waals surface area contributed by atoms with Crippen molar-refractivity contribution in [2.75, 3.05) is 16.9 Å². The number of thioether (sulfide) groups is 1. The van der Waals surface area contributed by atoms with Crippen molar-refractivity contribution in [3.8, 4) is 11.4 Å². The molecule has 0 saturated heterocycles. The van der Waals surface area contributed by atoms with Gasteiger partial charge in [0.05, 0.1) is 17.0 Å². The van der Waals surface area contributed by atoms with Gasteiger partial charge < -0.3 is 16.5 Å². The molecule has 0 atom stereocenters. The normalized spacial score (nSPS) is 13.5. The van der Waals surface area contributed by atoms with E-state index < -0.39 is 0 Å². The summed E-state index contributed by atoms with van der Waals surface area (Å²) < 4.78 is 1.39. The quantitative estimate of drug-likeness (QED) is 0.364. The molecule has 33 heavy (non-hydrogen) atoms. The van der Waals surface area contributed by atoms with E-state index in [4.69, 9.17) is 5.84 Å². The molecule has 1 heterocycles. The summed E-state index contributed by atoms with van der Waals surface area (Å²) in [5.41, 5.74) is 3.05. The number of nitrogen functional groups attached to an aromatic ring is 1. The number of nitrogens with zero attached hydrogens (tertiary/aromatic N) is 3. The van der Waals surface area contributed by atoms with Crippen molar-refractivity contribution in [3.05, 3.63) is 59.7 Å². The third-order valence-electron chi connectivity index (χ3n) is 5.36. The highest BCUT2D eigenvalue weighted by atomic mass is 32.2. The SMILES string of the molecule is CC(C)(C)c1ccc(-c2nnc(SCC(=O)Nc3ccccc3C(=O)NC3CC3)n2N)cc1. The first-order chi connectivity index (χ1) is 15.7. The average molecular weight is 465 g/mol. The van der Waals surface area contributed by atoms with Crippen LogP contribution >= 0.6 is 11.8 Å². The molecule has 1 aromatic heterocycles. The van der Waals surface area contributed by atoms with E-state index in [2.05, 4.69) is 53.7 Å². The maximum Gasteiger partial charge on any atom is 0.253 e. The zero-order chi connectivity index (χ0) is 23.6. The molecule has 1 aliphatic rings. The van der Waals surface area contributed by atoms with Crippen LogP contribution in [0, 0.1) is 0 Å². The molecular formula is C24H28N6O2S. The monoisotopic (exact) mass is 464 g/mol. The summed E-state index contributed by atoms with van der Waals surface area (Å²) >= 11 is 1.18. The van der Waals surface area contributed by atoms with Crippen LogP contribution in [0.15, 0.2) is 53.7 Å². The van der Waals surface area contributed by atoms with E-state index in [0.717, 1.165) is 18.4 Å². The Morgan fingerprint density at radius 1 is 1.09 bits per heavy atom. The number of carbonyl (C=O) groups is 2. The second kappa shape index (κ2) is 9.27. The Hall–Kier alpha value is -3.33. The molecule has 1 fully saturated rings. The minimum Gasteiger partial charge on any atom is -0.349 e. The van der Waals surface area contributed by atoms with Gasteiger partial charge in [-0.15, -0.1) is 10.2 Å². The number of aromatic nitrogens is 3. The number of rotatable bonds is 7. The number of nitrogens with two attached hydrogens (primary N) is 1. The van der Waals surface area contributed by atoms with Gasteiger partial charge in [0, 0.05) is 11.6 Å². The van der Waals surface area contributed by atoms with E-state index in [1.165, 1.54) is 22.0 Å². The Morgan fingerprint density at radius 3 is 2.45 bits per heavy atom. The van der Waals surface area contributed by atoms with Crippen molar-refractivity contribution in [1.29, 1.82) is 0 Å². The molecule has 1 aliphatic carbocycles. The van der Waals surface area contributed by atoms with E-state index in [-0.39, 0.29) is 29.0 Å². The number of para-hydroxylation sites is 1. The molecule has 8 nitrogen and oxygen atoms in total. The molecule has 0 bridgehead atoms. The molecule has 0 spiro atoms. The molecule has 2 amide bonds. The average Bonchev–Trinajstić information content (AvgIpc) is 3.52. The van der Waals surface area contributed by atoms with Crippen LogP contribution in [0.1, 0.15) is 49.5 Å². The van der Waals surface area contributed by atoms with E-state index >= 15 is 0 Å². The van der Waals surface area contributed by atoms with Gasteiger partial charge in [-0.05, 0) is 36.0 Å². The summed E-state index contributed by atoms with van der Waals surface area (Å²) in [6, 6.07) is 15.3. The molecular weight excluding hydrogens is 436 g/mol. The minimum absolute atomic E-state index is 0.0560. The van der Waals surface area contributed by atoms with Gasteiger partial charge in [-0.25, -0.2) is 4.68 Å². The van der Waals surface area contributed by atoms with Crippen molar-refractivity contribution in [2.24, 2.45) is 0 Å².